The molecule has 0 saturated heterocycles. The van der Waals surface area contributed by atoms with E-state index in [2.05, 4.69) is 11.1 Å². The average molecular weight is 398 g/mol. The second kappa shape index (κ2) is 7.98. The summed E-state index contributed by atoms with van der Waals surface area (Å²) in [5.41, 5.74) is 7.95. The molecule has 2 N–H and O–H groups in total. The van der Waals surface area contributed by atoms with E-state index in [0.29, 0.717) is 33.7 Å². The fraction of sp³-hybridized carbons (Fsp3) is 0.350. The summed E-state index contributed by atoms with van der Waals surface area (Å²) in [5, 5.41) is 9.98. The van der Waals surface area contributed by atoms with Gasteiger partial charge in [-0.1, -0.05) is 18.2 Å². The molecule has 0 unspecified atom stereocenters. The Labute approximate surface area is 168 Å². The Morgan fingerprint density at radius 2 is 2.14 bits per heavy atom. The van der Waals surface area contributed by atoms with Crippen LogP contribution in [0.1, 0.15) is 39.3 Å². The van der Waals surface area contributed by atoms with Crippen molar-refractivity contribution >= 4 is 22.9 Å². The zero-order valence-corrected chi connectivity index (χ0v) is 17.0. The first-order valence-corrected chi connectivity index (χ1v) is 9.79. The standard InChI is InChI=1S/C20H22N4O3S/c1-5-26-14-9-7-6-8-13(14)17-16(19(25)27-11(2)3)12(4)23-20-24(17)18(22)15(10-21)28-20/h6-9,11,17H,5,22H2,1-4H3/t17-/m1/s1. The van der Waals surface area contributed by atoms with Crippen molar-refractivity contribution in [1.29, 1.82) is 5.26 Å². The monoisotopic (exact) mass is 398 g/mol. The molecule has 0 aromatic heterocycles. The largest absolute Gasteiger partial charge is 0.494 e. The topological polar surface area (TPSA) is 101 Å². The molecule has 146 valence electrons. The smallest absolute Gasteiger partial charge is 0.338 e. The number of esters is 1. The number of amidine groups is 1. The van der Waals surface area contributed by atoms with E-state index in [4.69, 9.17) is 15.2 Å². The van der Waals surface area contributed by atoms with Crippen LogP contribution in [-0.4, -0.2) is 28.7 Å². The number of nitrogens with two attached hydrogens (primary N) is 1. The van der Waals surface area contributed by atoms with Crippen LogP contribution in [0.15, 0.2) is 51.3 Å². The highest BCUT2D eigenvalue weighted by Crippen LogP contribution is 2.47. The Morgan fingerprint density at radius 3 is 2.79 bits per heavy atom. The van der Waals surface area contributed by atoms with E-state index >= 15 is 0 Å². The van der Waals surface area contributed by atoms with E-state index < -0.39 is 12.0 Å². The van der Waals surface area contributed by atoms with Crippen LogP contribution in [0.25, 0.3) is 0 Å². The number of allylic oxidation sites excluding steroid dienone is 2. The maximum Gasteiger partial charge on any atom is 0.338 e. The van der Waals surface area contributed by atoms with E-state index in [1.807, 2.05) is 31.2 Å². The number of nitriles is 1. The third-order valence-corrected chi connectivity index (χ3v) is 5.23. The molecule has 3 rings (SSSR count). The molecule has 1 aromatic carbocycles. The van der Waals surface area contributed by atoms with Crippen molar-refractivity contribution in [3.63, 3.8) is 0 Å². The summed E-state index contributed by atoms with van der Waals surface area (Å²) in [5.74, 6) is 0.446. The predicted molar refractivity (Wildman–Crippen MR) is 108 cm³/mol. The molecule has 2 heterocycles. The van der Waals surface area contributed by atoms with E-state index in [0.717, 1.165) is 5.56 Å². The minimum Gasteiger partial charge on any atom is -0.494 e. The van der Waals surface area contributed by atoms with Gasteiger partial charge in [0, 0.05) is 5.56 Å². The van der Waals surface area contributed by atoms with E-state index in [1.165, 1.54) is 11.8 Å². The van der Waals surface area contributed by atoms with Gasteiger partial charge in [0.25, 0.3) is 0 Å². The molecule has 7 nitrogen and oxygen atoms in total. The number of ether oxygens (including phenoxy) is 2. The lowest BCUT2D eigenvalue weighted by molar-refractivity contribution is -0.143. The number of nitrogens with zero attached hydrogens (tertiary/aromatic N) is 3. The summed E-state index contributed by atoms with van der Waals surface area (Å²) in [6.07, 6.45) is -0.281. The van der Waals surface area contributed by atoms with Gasteiger partial charge in [-0.25, -0.2) is 9.79 Å². The Hall–Kier alpha value is -2.92. The van der Waals surface area contributed by atoms with Gasteiger partial charge in [0.1, 0.15) is 28.6 Å². The van der Waals surface area contributed by atoms with Gasteiger partial charge < -0.3 is 15.2 Å². The van der Waals surface area contributed by atoms with E-state index in [1.54, 1.807) is 25.7 Å². The van der Waals surface area contributed by atoms with Gasteiger partial charge in [-0.15, -0.1) is 0 Å². The Balaban J connectivity index is 2.21. The van der Waals surface area contributed by atoms with Crippen molar-refractivity contribution in [3.05, 3.63) is 51.8 Å². The normalized spacial score (nSPS) is 18.8. The van der Waals surface area contributed by atoms with Crippen molar-refractivity contribution in [2.24, 2.45) is 10.7 Å². The average Bonchev–Trinajstić information content (AvgIpc) is 2.96. The van der Waals surface area contributed by atoms with Gasteiger partial charge in [0.2, 0.25) is 0 Å². The third kappa shape index (κ3) is 3.45. The van der Waals surface area contributed by atoms with E-state index in [9.17, 15) is 10.1 Å². The summed E-state index contributed by atoms with van der Waals surface area (Å²) in [6.45, 7) is 7.72. The van der Waals surface area contributed by atoms with Crippen LogP contribution in [0.3, 0.4) is 0 Å². The molecule has 0 saturated carbocycles. The minimum absolute atomic E-state index is 0.268. The summed E-state index contributed by atoms with van der Waals surface area (Å²) in [7, 11) is 0. The van der Waals surface area contributed by atoms with Gasteiger partial charge in [-0.05, 0) is 45.5 Å². The lowest BCUT2D eigenvalue weighted by Gasteiger charge is -2.35. The van der Waals surface area contributed by atoms with Gasteiger partial charge in [0.15, 0.2) is 5.17 Å². The molecular formula is C20H22N4O3S. The van der Waals surface area contributed by atoms with Crippen molar-refractivity contribution in [1.82, 2.24) is 4.90 Å². The Bertz CT molecular complexity index is 943. The molecule has 1 atom stereocenters. The second-order valence-corrected chi connectivity index (χ2v) is 7.50. The first kappa shape index (κ1) is 19.8. The van der Waals surface area contributed by atoms with Crippen LogP contribution < -0.4 is 10.5 Å². The second-order valence-electron chi connectivity index (χ2n) is 6.52. The van der Waals surface area contributed by atoms with Crippen LogP contribution in [0.4, 0.5) is 0 Å². The summed E-state index contributed by atoms with van der Waals surface area (Å²) in [6, 6.07) is 8.98. The van der Waals surface area contributed by atoms with Gasteiger partial charge >= 0.3 is 5.97 Å². The molecule has 0 aliphatic carbocycles. The molecule has 0 fully saturated rings. The SMILES string of the molecule is CCOc1ccccc1[C@@H]1C(C(=O)OC(C)C)=C(C)N=C2SC(C#N)=C(N)N21. The predicted octanol–water partition coefficient (Wildman–Crippen LogP) is 3.42. The fourth-order valence-electron chi connectivity index (χ4n) is 3.17. The number of hydrogen-bond acceptors (Lipinski definition) is 8. The molecule has 1 aromatic rings. The number of fused-ring (bicyclic) bond motifs is 1. The maximum absolute atomic E-state index is 13.0. The molecule has 2 aliphatic heterocycles. The minimum atomic E-state index is -0.597. The van der Waals surface area contributed by atoms with Crippen LogP contribution in [-0.2, 0) is 9.53 Å². The number of benzene rings is 1. The molecule has 0 radical (unpaired) electrons. The van der Waals surface area contributed by atoms with Crippen LogP contribution in [0.5, 0.6) is 5.75 Å². The van der Waals surface area contributed by atoms with Crippen molar-refractivity contribution < 1.29 is 14.3 Å². The number of carbonyl (C=O) groups is 1. The number of thioether (sulfide) groups is 1. The molecule has 8 heteroatoms. The molecule has 2 aliphatic rings. The third-order valence-electron chi connectivity index (χ3n) is 4.25. The van der Waals surface area contributed by atoms with Gasteiger partial charge in [0.05, 0.1) is 24.0 Å². The number of aliphatic imine (C=N–C) groups is 1. The first-order chi connectivity index (χ1) is 13.4. The molecule has 0 amide bonds. The Kier molecular flexibility index (Phi) is 5.66. The van der Waals surface area contributed by atoms with Crippen molar-refractivity contribution in [2.45, 2.75) is 39.8 Å². The first-order valence-electron chi connectivity index (χ1n) is 8.98. The zero-order valence-electron chi connectivity index (χ0n) is 16.2. The molecular weight excluding hydrogens is 376 g/mol. The van der Waals surface area contributed by atoms with Crippen molar-refractivity contribution in [3.8, 4) is 11.8 Å². The zero-order chi connectivity index (χ0) is 20.4. The highest BCUT2D eigenvalue weighted by Gasteiger charge is 2.43. The van der Waals surface area contributed by atoms with Crippen LogP contribution >= 0.6 is 11.8 Å². The summed E-state index contributed by atoms with van der Waals surface area (Å²) >= 11 is 1.19. The number of hydrogen-bond donors (Lipinski definition) is 1. The molecule has 0 spiro atoms. The highest BCUT2D eigenvalue weighted by molar-refractivity contribution is 8.17. The lowest BCUT2D eigenvalue weighted by Crippen LogP contribution is -2.39. The van der Waals surface area contributed by atoms with Gasteiger partial charge in [-0.3, -0.25) is 4.90 Å². The van der Waals surface area contributed by atoms with E-state index in [-0.39, 0.29) is 11.9 Å². The Morgan fingerprint density at radius 1 is 1.43 bits per heavy atom. The fourth-order valence-corrected chi connectivity index (χ4v) is 4.08. The van der Waals surface area contributed by atoms with Crippen molar-refractivity contribution in [2.75, 3.05) is 6.61 Å². The quantitative estimate of drug-likeness (QED) is 0.758. The van der Waals surface area contributed by atoms with Crippen LogP contribution in [0, 0.1) is 11.3 Å². The number of rotatable bonds is 5. The van der Waals surface area contributed by atoms with Crippen LogP contribution in [0.2, 0.25) is 0 Å². The summed E-state index contributed by atoms with van der Waals surface area (Å²) in [4.78, 5) is 19.6. The maximum atomic E-state index is 13.0. The number of carbonyl (C=O) groups excluding carboxylic acids is 1. The summed E-state index contributed by atoms with van der Waals surface area (Å²) < 4.78 is 11.3. The molecule has 28 heavy (non-hydrogen) atoms. The lowest BCUT2D eigenvalue weighted by atomic mass is 9.93. The molecule has 0 bridgehead atoms. The highest BCUT2D eigenvalue weighted by atomic mass is 32.2. The number of para-hydroxylation sites is 1. The van der Waals surface area contributed by atoms with Gasteiger partial charge in [-0.2, -0.15) is 5.26 Å².